The minimum atomic E-state index is -4.42. The second-order valence-corrected chi connectivity index (χ2v) is 6.41. The van der Waals surface area contributed by atoms with E-state index in [0.717, 1.165) is 23.3 Å². The fourth-order valence-corrected chi connectivity index (χ4v) is 3.25. The maximum Gasteiger partial charge on any atom is 0.416 e. The van der Waals surface area contributed by atoms with Crippen molar-refractivity contribution in [2.75, 3.05) is 0 Å². The first kappa shape index (κ1) is 17.5. The molecular formula is C19H16F3N3O2. The van der Waals surface area contributed by atoms with Crippen LogP contribution in [0.2, 0.25) is 0 Å². The molecule has 1 aliphatic rings. The number of imidazole rings is 1. The number of amides is 1. The van der Waals surface area contributed by atoms with Crippen LogP contribution in [0, 0.1) is 0 Å². The summed E-state index contributed by atoms with van der Waals surface area (Å²) in [5, 5.41) is 2.79. The van der Waals surface area contributed by atoms with Crippen LogP contribution in [-0.4, -0.2) is 15.5 Å². The van der Waals surface area contributed by atoms with E-state index in [9.17, 15) is 18.0 Å². The molecule has 5 nitrogen and oxygen atoms in total. The molecule has 2 heterocycles. The van der Waals surface area contributed by atoms with Gasteiger partial charge in [-0.1, -0.05) is 12.1 Å². The molecule has 140 valence electrons. The highest BCUT2D eigenvalue weighted by Gasteiger charge is 2.31. The van der Waals surface area contributed by atoms with Gasteiger partial charge in [-0.15, -0.1) is 0 Å². The number of benzene rings is 2. The molecule has 1 aromatic heterocycles. The van der Waals surface area contributed by atoms with Gasteiger partial charge in [-0.2, -0.15) is 13.2 Å². The van der Waals surface area contributed by atoms with E-state index in [1.807, 2.05) is 6.07 Å². The number of nitrogens with one attached hydrogen (secondary N) is 1. The molecular weight excluding hydrogens is 359 g/mol. The van der Waals surface area contributed by atoms with Gasteiger partial charge in [0.1, 0.15) is 5.82 Å². The number of aromatic nitrogens is 2. The van der Waals surface area contributed by atoms with E-state index in [1.54, 1.807) is 23.7 Å². The van der Waals surface area contributed by atoms with E-state index in [1.165, 1.54) is 6.07 Å². The summed E-state index contributed by atoms with van der Waals surface area (Å²) in [7, 11) is 1.71. The summed E-state index contributed by atoms with van der Waals surface area (Å²) in [6, 6.07) is 8.88. The van der Waals surface area contributed by atoms with Crippen LogP contribution >= 0.6 is 0 Å². The van der Waals surface area contributed by atoms with Crippen LogP contribution < -0.4 is 5.32 Å². The normalized spacial score (nSPS) is 13.8. The van der Waals surface area contributed by atoms with Gasteiger partial charge < -0.3 is 14.6 Å². The lowest BCUT2D eigenvalue weighted by Crippen LogP contribution is -2.25. The van der Waals surface area contributed by atoms with Crippen molar-refractivity contribution in [2.45, 2.75) is 25.9 Å². The van der Waals surface area contributed by atoms with Crippen LogP contribution in [0.25, 0.3) is 11.0 Å². The van der Waals surface area contributed by atoms with Crippen LogP contribution in [0.4, 0.5) is 13.2 Å². The summed E-state index contributed by atoms with van der Waals surface area (Å²) in [6.45, 7) is 0.990. The summed E-state index contributed by atoms with van der Waals surface area (Å²) < 4.78 is 45.7. The van der Waals surface area contributed by atoms with Crippen molar-refractivity contribution in [2.24, 2.45) is 7.05 Å². The van der Waals surface area contributed by atoms with Crippen LogP contribution in [0.15, 0.2) is 36.4 Å². The number of carbonyl (C=O) groups is 1. The smallest absolute Gasteiger partial charge is 0.372 e. The molecule has 1 amide bonds. The lowest BCUT2D eigenvalue weighted by Gasteiger charge is -2.09. The van der Waals surface area contributed by atoms with Crippen LogP contribution in [-0.2, 0) is 37.7 Å². The molecule has 3 aromatic rings. The van der Waals surface area contributed by atoms with E-state index in [2.05, 4.69) is 10.3 Å². The molecule has 27 heavy (non-hydrogen) atoms. The average molecular weight is 375 g/mol. The number of hydrogen-bond donors (Lipinski definition) is 1. The van der Waals surface area contributed by atoms with Crippen molar-refractivity contribution in [1.82, 2.24) is 14.9 Å². The summed E-state index contributed by atoms with van der Waals surface area (Å²) >= 11 is 0. The highest BCUT2D eigenvalue weighted by molar-refractivity contribution is 5.96. The molecule has 0 spiro atoms. The van der Waals surface area contributed by atoms with Gasteiger partial charge in [-0.3, -0.25) is 4.79 Å². The van der Waals surface area contributed by atoms with Gasteiger partial charge >= 0.3 is 6.18 Å². The molecule has 1 aliphatic heterocycles. The minimum absolute atomic E-state index is 0.107. The summed E-state index contributed by atoms with van der Waals surface area (Å²) in [4.78, 5) is 16.8. The highest BCUT2D eigenvalue weighted by Crippen LogP contribution is 2.31. The zero-order valence-electron chi connectivity index (χ0n) is 14.4. The van der Waals surface area contributed by atoms with Crippen LogP contribution in [0.3, 0.4) is 0 Å². The Morgan fingerprint density at radius 3 is 2.85 bits per heavy atom. The number of hydrogen-bond acceptors (Lipinski definition) is 3. The number of fused-ring (bicyclic) bond motifs is 2. The van der Waals surface area contributed by atoms with Gasteiger partial charge in [0.05, 0.1) is 36.4 Å². The molecule has 0 fully saturated rings. The zero-order valence-corrected chi connectivity index (χ0v) is 14.4. The van der Waals surface area contributed by atoms with E-state index >= 15 is 0 Å². The molecule has 0 saturated heterocycles. The Balaban J connectivity index is 1.56. The molecule has 0 radical (unpaired) electrons. The third-order valence-electron chi connectivity index (χ3n) is 4.73. The third-order valence-corrected chi connectivity index (χ3v) is 4.73. The van der Waals surface area contributed by atoms with Gasteiger partial charge in [-0.05, 0) is 35.4 Å². The fraction of sp³-hybridized carbons (Fsp3) is 0.263. The number of ether oxygens (including phenoxy) is 1. The van der Waals surface area contributed by atoms with Gasteiger partial charge in [-0.25, -0.2) is 4.98 Å². The number of alkyl halides is 3. The van der Waals surface area contributed by atoms with Gasteiger partial charge in [0, 0.05) is 12.6 Å². The summed E-state index contributed by atoms with van der Waals surface area (Å²) in [5.41, 5.74) is 2.47. The van der Waals surface area contributed by atoms with Crippen molar-refractivity contribution in [3.63, 3.8) is 0 Å². The first-order valence-corrected chi connectivity index (χ1v) is 8.34. The maximum absolute atomic E-state index is 12.9. The van der Waals surface area contributed by atoms with Crippen molar-refractivity contribution < 1.29 is 22.7 Å². The Morgan fingerprint density at radius 1 is 1.26 bits per heavy atom. The fourth-order valence-electron chi connectivity index (χ4n) is 3.25. The van der Waals surface area contributed by atoms with Crippen molar-refractivity contribution >= 4 is 16.9 Å². The summed E-state index contributed by atoms with van der Waals surface area (Å²) in [5.74, 6) is 0.210. The second kappa shape index (κ2) is 6.38. The standard InChI is InChI=1S/C19H16F3N3O2/c1-25-16-6-5-12(19(20,21)22)7-15(16)24-17(25)8-23-18(26)13-4-2-3-11-9-27-10-14(11)13/h2-7H,8-10H2,1H3,(H,23,26). The predicted molar refractivity (Wildman–Crippen MR) is 91.8 cm³/mol. The molecule has 2 aromatic carbocycles. The molecule has 1 N–H and O–H groups in total. The third kappa shape index (κ3) is 3.16. The molecule has 0 bridgehead atoms. The van der Waals surface area contributed by atoms with E-state index in [-0.39, 0.29) is 18.0 Å². The average Bonchev–Trinajstić information content (AvgIpc) is 3.23. The molecule has 0 atom stereocenters. The van der Waals surface area contributed by atoms with Gasteiger partial charge in [0.25, 0.3) is 5.91 Å². The van der Waals surface area contributed by atoms with Crippen molar-refractivity contribution in [3.05, 3.63) is 64.5 Å². The molecule has 4 rings (SSSR count). The predicted octanol–water partition coefficient (Wildman–Crippen LogP) is 3.55. The lowest BCUT2D eigenvalue weighted by molar-refractivity contribution is -0.137. The van der Waals surface area contributed by atoms with E-state index < -0.39 is 11.7 Å². The Bertz CT molecular complexity index is 1040. The molecule has 0 aliphatic carbocycles. The Labute approximate surface area is 152 Å². The number of rotatable bonds is 3. The Kier molecular flexibility index (Phi) is 4.15. The first-order chi connectivity index (χ1) is 12.8. The number of nitrogens with zero attached hydrogens (tertiary/aromatic N) is 2. The van der Waals surface area contributed by atoms with E-state index in [0.29, 0.717) is 30.1 Å². The second-order valence-electron chi connectivity index (χ2n) is 6.41. The Hall–Kier alpha value is -2.87. The van der Waals surface area contributed by atoms with Crippen molar-refractivity contribution in [3.8, 4) is 0 Å². The van der Waals surface area contributed by atoms with Crippen molar-refractivity contribution in [1.29, 1.82) is 0 Å². The first-order valence-electron chi connectivity index (χ1n) is 8.34. The van der Waals surface area contributed by atoms with Gasteiger partial charge in [0.15, 0.2) is 0 Å². The van der Waals surface area contributed by atoms with Crippen LogP contribution in [0.5, 0.6) is 0 Å². The largest absolute Gasteiger partial charge is 0.416 e. The highest BCUT2D eigenvalue weighted by atomic mass is 19.4. The maximum atomic E-state index is 12.9. The molecule has 0 unspecified atom stereocenters. The zero-order chi connectivity index (χ0) is 19.2. The van der Waals surface area contributed by atoms with Crippen LogP contribution in [0.1, 0.15) is 32.9 Å². The summed E-state index contributed by atoms with van der Waals surface area (Å²) in [6.07, 6.45) is -4.42. The minimum Gasteiger partial charge on any atom is -0.372 e. The number of aryl methyl sites for hydroxylation is 1. The molecule has 0 saturated carbocycles. The number of halogens is 3. The topological polar surface area (TPSA) is 56.2 Å². The monoisotopic (exact) mass is 375 g/mol. The number of carbonyl (C=O) groups excluding carboxylic acids is 1. The quantitative estimate of drug-likeness (QED) is 0.762. The van der Waals surface area contributed by atoms with Gasteiger partial charge in [0.2, 0.25) is 0 Å². The molecule has 8 heteroatoms. The lowest BCUT2D eigenvalue weighted by atomic mass is 10.0. The Morgan fingerprint density at radius 2 is 2.07 bits per heavy atom. The SMILES string of the molecule is Cn1c(CNC(=O)c2cccc3c2COC3)nc2cc(C(F)(F)F)ccc21. The van der Waals surface area contributed by atoms with E-state index in [4.69, 9.17) is 4.74 Å².